The Balaban J connectivity index is 2.10. The van der Waals surface area contributed by atoms with Crippen molar-refractivity contribution in [2.24, 2.45) is 11.7 Å². The molecule has 0 aromatic heterocycles. The fourth-order valence-corrected chi connectivity index (χ4v) is 4.05. The Morgan fingerprint density at radius 1 is 1.25 bits per heavy atom. The summed E-state index contributed by atoms with van der Waals surface area (Å²) in [6.45, 7) is 3.58. The van der Waals surface area contributed by atoms with Gasteiger partial charge in [-0.2, -0.15) is 8.42 Å². The van der Waals surface area contributed by atoms with Gasteiger partial charge in [0.05, 0.1) is 18.7 Å². The zero-order chi connectivity index (χ0) is 23.5. The van der Waals surface area contributed by atoms with Crippen molar-refractivity contribution in [3.63, 3.8) is 0 Å². The predicted octanol–water partition coefficient (Wildman–Crippen LogP) is 2.15. The molecule has 0 amide bonds. The highest BCUT2D eigenvalue weighted by Crippen LogP contribution is 2.38. The van der Waals surface area contributed by atoms with Crippen LogP contribution in [0.5, 0.6) is 11.5 Å². The fourth-order valence-electron chi connectivity index (χ4n) is 3.01. The highest BCUT2D eigenvalue weighted by atomic mass is 32.2. The van der Waals surface area contributed by atoms with Crippen LogP contribution in [0.2, 0.25) is 0 Å². The number of esters is 1. The lowest BCUT2D eigenvalue weighted by Crippen LogP contribution is -2.46. The number of para-hydroxylation sites is 3. The second-order valence-electron chi connectivity index (χ2n) is 7.24. The molecule has 2 atom stereocenters. The number of hydrogen-bond acceptors (Lipinski definition) is 9. The Morgan fingerprint density at radius 3 is 2.62 bits per heavy atom. The van der Waals surface area contributed by atoms with Crippen LogP contribution < -0.4 is 25.0 Å². The molecule has 0 saturated carbocycles. The lowest BCUT2D eigenvalue weighted by molar-refractivity contribution is -0.138. The standard InChI is InChI=1S/C21H25N3O7S/c1-4-13(2)20(25)30-17-10-6-5-9-16(17)23-24-19-14(8-7-11-18(19)29-3)12-15(22)21(26)31-32(24,27)28/h5-11,13,15,23H,4,12,22H2,1-3H3. The first kappa shape index (κ1) is 23.4. The number of methoxy groups -OCH3 is 1. The molecule has 1 heterocycles. The molecule has 0 aliphatic carbocycles. The molecule has 172 valence electrons. The van der Waals surface area contributed by atoms with Gasteiger partial charge >= 0.3 is 22.2 Å². The largest absolute Gasteiger partial charge is 0.494 e. The molecular weight excluding hydrogens is 438 g/mol. The molecule has 0 spiro atoms. The number of nitrogens with one attached hydrogen (secondary N) is 1. The van der Waals surface area contributed by atoms with Gasteiger partial charge in [-0.3, -0.25) is 10.2 Å². The normalized spacial score (nSPS) is 18.4. The predicted molar refractivity (Wildman–Crippen MR) is 117 cm³/mol. The number of benzene rings is 2. The van der Waals surface area contributed by atoms with E-state index in [4.69, 9.17) is 19.4 Å². The molecule has 11 heteroatoms. The van der Waals surface area contributed by atoms with E-state index in [1.807, 2.05) is 6.92 Å². The van der Waals surface area contributed by atoms with E-state index in [1.54, 1.807) is 37.3 Å². The zero-order valence-corrected chi connectivity index (χ0v) is 18.7. The summed E-state index contributed by atoms with van der Waals surface area (Å²) < 4.78 is 42.3. The van der Waals surface area contributed by atoms with E-state index in [9.17, 15) is 18.0 Å². The Hall–Kier alpha value is -3.31. The van der Waals surface area contributed by atoms with E-state index >= 15 is 0 Å². The van der Waals surface area contributed by atoms with Gasteiger partial charge in [0.1, 0.15) is 17.5 Å². The summed E-state index contributed by atoms with van der Waals surface area (Å²) in [6, 6.07) is 9.98. The first-order valence-corrected chi connectivity index (χ1v) is 11.3. The lowest BCUT2D eigenvalue weighted by atomic mass is 10.0. The molecule has 10 nitrogen and oxygen atoms in total. The van der Waals surface area contributed by atoms with Crippen LogP contribution in [0.25, 0.3) is 0 Å². The van der Waals surface area contributed by atoms with Crippen LogP contribution >= 0.6 is 0 Å². The molecule has 32 heavy (non-hydrogen) atoms. The summed E-state index contributed by atoms with van der Waals surface area (Å²) in [5, 5.41) is 0. The number of anilines is 2. The minimum absolute atomic E-state index is 0.0176. The van der Waals surface area contributed by atoms with Gasteiger partial charge in [0.2, 0.25) is 0 Å². The van der Waals surface area contributed by atoms with Gasteiger partial charge in [-0.25, -0.2) is 4.79 Å². The van der Waals surface area contributed by atoms with Crippen molar-refractivity contribution in [3.05, 3.63) is 48.0 Å². The molecule has 1 aliphatic heterocycles. The molecule has 0 saturated heterocycles. The quantitative estimate of drug-likeness (QED) is 0.487. The number of hydrazine groups is 1. The van der Waals surface area contributed by atoms with Gasteiger partial charge < -0.3 is 19.4 Å². The summed E-state index contributed by atoms with van der Waals surface area (Å²) >= 11 is 0. The van der Waals surface area contributed by atoms with Gasteiger partial charge in [0.15, 0.2) is 5.75 Å². The molecule has 0 fully saturated rings. The van der Waals surface area contributed by atoms with Crippen molar-refractivity contribution < 1.29 is 31.7 Å². The molecule has 1 aliphatic rings. The smallest absolute Gasteiger partial charge is 0.430 e. The number of rotatable bonds is 6. The van der Waals surface area contributed by atoms with Crippen LogP contribution in [0.1, 0.15) is 25.8 Å². The molecule has 2 aromatic carbocycles. The Morgan fingerprint density at radius 2 is 1.94 bits per heavy atom. The van der Waals surface area contributed by atoms with Gasteiger partial charge in [-0.15, -0.1) is 4.41 Å². The van der Waals surface area contributed by atoms with Gasteiger partial charge in [0, 0.05) is 6.42 Å². The SMILES string of the molecule is CCC(C)C(=O)Oc1ccccc1NN1c2c(cccc2OC)CC(N)C(=O)OS1(=O)=O. The highest BCUT2D eigenvalue weighted by molar-refractivity contribution is 7.88. The minimum Gasteiger partial charge on any atom is -0.494 e. The second kappa shape index (κ2) is 9.45. The number of nitrogens with two attached hydrogens (primary N) is 1. The van der Waals surface area contributed by atoms with Crippen LogP contribution in [-0.2, 0) is 30.5 Å². The average molecular weight is 464 g/mol. The molecule has 0 bridgehead atoms. The van der Waals surface area contributed by atoms with Crippen molar-refractivity contribution in [1.29, 1.82) is 0 Å². The molecule has 3 N–H and O–H groups in total. The maximum absolute atomic E-state index is 13.0. The topological polar surface area (TPSA) is 137 Å². The summed E-state index contributed by atoms with van der Waals surface area (Å²) in [5.41, 5.74) is 9.22. The number of carbonyl (C=O) groups excluding carboxylic acids is 2. The Labute approximate surface area is 186 Å². The maximum atomic E-state index is 13.0. The number of fused-ring (bicyclic) bond motifs is 1. The van der Waals surface area contributed by atoms with Crippen LogP contribution in [0.3, 0.4) is 0 Å². The lowest BCUT2D eigenvalue weighted by Gasteiger charge is -2.31. The first-order valence-electron chi connectivity index (χ1n) is 9.95. The number of carbonyl (C=O) groups is 2. The molecular formula is C21H25N3O7S. The Kier molecular flexibility index (Phi) is 6.90. The maximum Gasteiger partial charge on any atom is 0.430 e. The van der Waals surface area contributed by atoms with E-state index < -0.39 is 28.3 Å². The molecule has 0 radical (unpaired) electrons. The molecule has 3 rings (SSSR count). The third kappa shape index (κ3) is 4.78. The second-order valence-corrected chi connectivity index (χ2v) is 8.63. The molecule has 2 aromatic rings. The number of hydrogen-bond donors (Lipinski definition) is 2. The van der Waals surface area contributed by atoms with Crippen molar-refractivity contribution in [1.82, 2.24) is 0 Å². The number of nitrogens with zero attached hydrogens (tertiary/aromatic N) is 1. The average Bonchev–Trinajstić information content (AvgIpc) is 2.76. The first-order chi connectivity index (χ1) is 15.2. The van der Waals surface area contributed by atoms with Crippen molar-refractivity contribution >= 4 is 33.6 Å². The Bertz CT molecular complexity index is 1120. The van der Waals surface area contributed by atoms with E-state index in [0.717, 1.165) is 0 Å². The summed E-state index contributed by atoms with van der Waals surface area (Å²) in [4.78, 5) is 24.5. The van der Waals surface area contributed by atoms with Crippen molar-refractivity contribution in [2.45, 2.75) is 32.7 Å². The molecule has 2 unspecified atom stereocenters. The summed E-state index contributed by atoms with van der Waals surface area (Å²) in [7, 11) is -3.32. The van der Waals surface area contributed by atoms with Crippen LogP contribution in [0.15, 0.2) is 42.5 Å². The van der Waals surface area contributed by atoms with E-state index in [1.165, 1.54) is 19.2 Å². The van der Waals surface area contributed by atoms with Crippen LogP contribution in [0, 0.1) is 5.92 Å². The van der Waals surface area contributed by atoms with Crippen molar-refractivity contribution in [2.75, 3.05) is 16.9 Å². The van der Waals surface area contributed by atoms with Crippen molar-refractivity contribution in [3.8, 4) is 11.5 Å². The third-order valence-corrected chi connectivity index (χ3v) is 6.09. The summed E-state index contributed by atoms with van der Waals surface area (Å²) in [6.07, 6.45) is 0.597. The highest BCUT2D eigenvalue weighted by Gasteiger charge is 2.37. The minimum atomic E-state index is -4.70. The van der Waals surface area contributed by atoms with E-state index in [2.05, 4.69) is 5.43 Å². The third-order valence-electron chi connectivity index (χ3n) is 4.99. The van der Waals surface area contributed by atoms with Gasteiger partial charge in [0.25, 0.3) is 0 Å². The van der Waals surface area contributed by atoms with Gasteiger partial charge in [-0.1, -0.05) is 38.1 Å². The van der Waals surface area contributed by atoms with Gasteiger partial charge in [-0.05, 0) is 30.2 Å². The zero-order valence-electron chi connectivity index (χ0n) is 17.9. The van der Waals surface area contributed by atoms with E-state index in [0.29, 0.717) is 16.4 Å². The van der Waals surface area contributed by atoms with Crippen LogP contribution in [-0.4, -0.2) is 33.5 Å². The van der Waals surface area contributed by atoms with Crippen LogP contribution in [0.4, 0.5) is 11.4 Å². The van der Waals surface area contributed by atoms with E-state index in [-0.39, 0.29) is 35.2 Å². The fraction of sp³-hybridized carbons (Fsp3) is 0.333. The monoisotopic (exact) mass is 463 g/mol. The number of ether oxygens (including phenoxy) is 2. The summed E-state index contributed by atoms with van der Waals surface area (Å²) in [5.74, 6) is -1.60.